The van der Waals surface area contributed by atoms with Crippen molar-refractivity contribution in [2.24, 2.45) is 11.0 Å². The van der Waals surface area contributed by atoms with Crippen LogP contribution in [0.1, 0.15) is 24.0 Å². The maximum Gasteiger partial charge on any atom is 0.253 e. The number of hydrogen-bond acceptors (Lipinski definition) is 4. The molecule has 0 aromatic heterocycles. The van der Waals surface area contributed by atoms with Crippen LogP contribution in [0.2, 0.25) is 0 Å². The van der Waals surface area contributed by atoms with Gasteiger partial charge in [-0.3, -0.25) is 9.59 Å². The molecule has 0 saturated carbocycles. The van der Waals surface area contributed by atoms with Gasteiger partial charge in [-0.1, -0.05) is 46.3 Å². The molecule has 134 valence electrons. The fourth-order valence-corrected chi connectivity index (χ4v) is 3.36. The largest absolute Gasteiger partial charge is 0.507 e. The van der Waals surface area contributed by atoms with Gasteiger partial charge in [-0.15, -0.1) is 0 Å². The lowest BCUT2D eigenvalue weighted by atomic mass is 9.88. The number of aromatic hydroxyl groups is 1. The smallest absolute Gasteiger partial charge is 0.253 e. The zero-order valence-corrected chi connectivity index (χ0v) is 15.7. The molecule has 6 nitrogen and oxygen atoms in total. The molecule has 1 aliphatic rings. The zero-order chi connectivity index (χ0) is 18.7. The third kappa shape index (κ3) is 3.77. The number of benzene rings is 2. The predicted molar refractivity (Wildman–Crippen MR) is 102 cm³/mol. The summed E-state index contributed by atoms with van der Waals surface area (Å²) < 4.78 is 0.783. The highest BCUT2D eigenvalue weighted by Crippen LogP contribution is 2.29. The van der Waals surface area contributed by atoms with Crippen LogP contribution in [0.4, 0.5) is 0 Å². The molecule has 0 aliphatic carbocycles. The second-order valence-electron chi connectivity index (χ2n) is 6.07. The van der Waals surface area contributed by atoms with Crippen molar-refractivity contribution in [3.8, 4) is 5.75 Å². The molecule has 1 fully saturated rings. The Balaban J connectivity index is 1.78. The first-order valence-electron chi connectivity index (χ1n) is 8.13. The molecule has 2 atom stereocenters. The van der Waals surface area contributed by atoms with E-state index in [2.05, 4.69) is 31.8 Å². The molecule has 3 rings (SSSR count). The molecule has 0 radical (unpaired) electrons. The van der Waals surface area contributed by atoms with E-state index >= 15 is 0 Å². The molecule has 2 aromatic carbocycles. The molecule has 3 N–H and O–H groups in total. The number of hydrazone groups is 1. The SMILES string of the molecule is C/C(=N\NC(=O)C1C(=O)NCC1c1ccccc1)c1cc(Br)ccc1O. The average Bonchev–Trinajstić information content (AvgIpc) is 3.03. The Morgan fingerprint density at radius 3 is 2.73 bits per heavy atom. The van der Waals surface area contributed by atoms with Gasteiger partial charge in [-0.05, 0) is 30.7 Å². The van der Waals surface area contributed by atoms with Crippen LogP contribution < -0.4 is 10.7 Å². The van der Waals surface area contributed by atoms with Crippen LogP contribution in [-0.4, -0.2) is 29.2 Å². The van der Waals surface area contributed by atoms with Crippen molar-refractivity contribution in [2.75, 3.05) is 6.54 Å². The number of nitrogens with zero attached hydrogens (tertiary/aromatic N) is 1. The van der Waals surface area contributed by atoms with Crippen LogP contribution in [0.25, 0.3) is 0 Å². The first kappa shape index (κ1) is 18.1. The Kier molecular flexibility index (Phi) is 5.37. The Hall–Kier alpha value is -2.67. The van der Waals surface area contributed by atoms with Gasteiger partial charge in [0.25, 0.3) is 5.91 Å². The number of phenolic OH excluding ortho intramolecular Hbond substituents is 1. The first-order valence-corrected chi connectivity index (χ1v) is 8.92. The topological polar surface area (TPSA) is 90.8 Å². The van der Waals surface area contributed by atoms with Gasteiger partial charge in [0.1, 0.15) is 11.7 Å². The van der Waals surface area contributed by atoms with Crippen LogP contribution in [0.15, 0.2) is 58.1 Å². The average molecular weight is 416 g/mol. The summed E-state index contributed by atoms with van der Waals surface area (Å²) in [7, 11) is 0. The highest BCUT2D eigenvalue weighted by Gasteiger charge is 2.41. The van der Waals surface area contributed by atoms with Crippen molar-refractivity contribution in [1.82, 2.24) is 10.7 Å². The molecule has 1 saturated heterocycles. The molecule has 0 bridgehead atoms. The van der Waals surface area contributed by atoms with Crippen molar-refractivity contribution in [2.45, 2.75) is 12.8 Å². The molecular weight excluding hydrogens is 398 g/mol. The summed E-state index contributed by atoms with van der Waals surface area (Å²) in [5.41, 5.74) is 4.32. The number of phenols is 1. The summed E-state index contributed by atoms with van der Waals surface area (Å²) in [4.78, 5) is 24.7. The molecule has 2 unspecified atom stereocenters. The van der Waals surface area contributed by atoms with E-state index in [1.165, 1.54) is 6.07 Å². The highest BCUT2D eigenvalue weighted by atomic mass is 79.9. The summed E-state index contributed by atoms with van der Waals surface area (Å²) >= 11 is 3.33. The molecule has 2 amide bonds. The standard InChI is InChI=1S/C19H18BrN3O3/c1-11(14-9-13(20)7-8-16(14)24)22-23-19(26)17-15(10-21-18(17)25)12-5-3-2-4-6-12/h2-9,15,17,24H,10H2,1H3,(H,21,25)(H,23,26)/b22-11+. The molecule has 7 heteroatoms. The first-order chi connectivity index (χ1) is 12.5. The van der Waals surface area contributed by atoms with Crippen molar-refractivity contribution in [1.29, 1.82) is 0 Å². The number of rotatable bonds is 4. The van der Waals surface area contributed by atoms with E-state index in [1.54, 1.807) is 19.1 Å². The Morgan fingerprint density at radius 2 is 2.00 bits per heavy atom. The maximum atomic E-state index is 12.6. The number of hydrogen-bond donors (Lipinski definition) is 3. The van der Waals surface area contributed by atoms with Gasteiger partial charge in [0, 0.05) is 22.5 Å². The Labute approximate surface area is 159 Å². The van der Waals surface area contributed by atoms with E-state index < -0.39 is 11.8 Å². The van der Waals surface area contributed by atoms with Gasteiger partial charge in [0.05, 0.1) is 5.71 Å². The monoisotopic (exact) mass is 415 g/mol. The van der Waals surface area contributed by atoms with Crippen LogP contribution in [-0.2, 0) is 9.59 Å². The molecule has 2 aromatic rings. The van der Waals surface area contributed by atoms with E-state index in [1.807, 2.05) is 30.3 Å². The minimum Gasteiger partial charge on any atom is -0.507 e. The lowest BCUT2D eigenvalue weighted by Crippen LogP contribution is -2.35. The van der Waals surface area contributed by atoms with Crippen molar-refractivity contribution in [3.05, 3.63) is 64.1 Å². The van der Waals surface area contributed by atoms with Crippen molar-refractivity contribution < 1.29 is 14.7 Å². The van der Waals surface area contributed by atoms with Gasteiger partial charge in [0.15, 0.2) is 0 Å². The minimum atomic E-state index is -0.843. The van der Waals surface area contributed by atoms with Gasteiger partial charge >= 0.3 is 0 Å². The summed E-state index contributed by atoms with van der Waals surface area (Å²) in [6.07, 6.45) is 0. The van der Waals surface area contributed by atoms with Crippen LogP contribution in [0.5, 0.6) is 5.75 Å². The quantitative estimate of drug-likeness (QED) is 0.407. The van der Waals surface area contributed by atoms with E-state index in [4.69, 9.17) is 0 Å². The van der Waals surface area contributed by atoms with Crippen LogP contribution in [0.3, 0.4) is 0 Å². The maximum absolute atomic E-state index is 12.6. The molecule has 1 aliphatic heterocycles. The third-order valence-electron chi connectivity index (χ3n) is 4.37. The van der Waals surface area contributed by atoms with Crippen LogP contribution >= 0.6 is 15.9 Å². The zero-order valence-electron chi connectivity index (χ0n) is 14.1. The summed E-state index contributed by atoms with van der Waals surface area (Å²) in [5.74, 6) is -1.80. The van der Waals surface area contributed by atoms with Gasteiger partial charge < -0.3 is 10.4 Å². The van der Waals surface area contributed by atoms with Gasteiger partial charge in [0.2, 0.25) is 5.91 Å². The molecule has 26 heavy (non-hydrogen) atoms. The molecule has 1 heterocycles. The number of carbonyl (C=O) groups excluding carboxylic acids is 2. The van der Waals surface area contributed by atoms with E-state index in [9.17, 15) is 14.7 Å². The van der Waals surface area contributed by atoms with Gasteiger partial charge in [-0.25, -0.2) is 5.43 Å². The minimum absolute atomic E-state index is 0.0597. The van der Waals surface area contributed by atoms with Crippen LogP contribution in [0, 0.1) is 5.92 Å². The number of halogens is 1. The predicted octanol–water partition coefficient (Wildman–Crippen LogP) is 2.52. The van der Waals surface area contributed by atoms with Crippen molar-refractivity contribution >= 4 is 33.5 Å². The third-order valence-corrected chi connectivity index (χ3v) is 4.87. The summed E-state index contributed by atoms with van der Waals surface area (Å²) in [5, 5.41) is 16.7. The number of amides is 2. The summed E-state index contributed by atoms with van der Waals surface area (Å²) in [6, 6.07) is 14.4. The summed E-state index contributed by atoms with van der Waals surface area (Å²) in [6.45, 7) is 2.08. The molecule has 0 spiro atoms. The fourth-order valence-electron chi connectivity index (χ4n) is 3.00. The number of nitrogens with one attached hydrogen (secondary N) is 2. The van der Waals surface area contributed by atoms with E-state index in [0.29, 0.717) is 17.8 Å². The van der Waals surface area contributed by atoms with Gasteiger partial charge in [-0.2, -0.15) is 5.10 Å². The lowest BCUT2D eigenvalue weighted by molar-refractivity contribution is -0.133. The van der Waals surface area contributed by atoms with E-state index in [-0.39, 0.29) is 17.6 Å². The second-order valence-corrected chi connectivity index (χ2v) is 6.99. The number of carbonyl (C=O) groups is 2. The highest BCUT2D eigenvalue weighted by molar-refractivity contribution is 9.10. The Morgan fingerprint density at radius 1 is 1.27 bits per heavy atom. The van der Waals surface area contributed by atoms with Crippen molar-refractivity contribution in [3.63, 3.8) is 0 Å². The molecular formula is C19H18BrN3O3. The normalized spacial score (nSPS) is 19.9. The van der Waals surface area contributed by atoms with E-state index in [0.717, 1.165) is 10.0 Å². The fraction of sp³-hybridized carbons (Fsp3) is 0.211. The second kappa shape index (κ2) is 7.70. The lowest BCUT2D eigenvalue weighted by Gasteiger charge is -2.15. The Bertz CT molecular complexity index is 868.